The van der Waals surface area contributed by atoms with Gasteiger partial charge in [-0.25, -0.2) is 0 Å². The molecule has 0 aliphatic heterocycles. The van der Waals surface area contributed by atoms with Crippen LogP contribution in [0.1, 0.15) is 64.9 Å². The summed E-state index contributed by atoms with van der Waals surface area (Å²) in [6.45, 7) is 5.86. The number of hydrogen-bond donors (Lipinski definition) is 4. The van der Waals surface area contributed by atoms with Crippen LogP contribution in [0.15, 0.2) is 35.9 Å². The second kappa shape index (κ2) is 10.6. The van der Waals surface area contributed by atoms with Crippen LogP contribution in [0.5, 0.6) is 23.0 Å². The highest BCUT2D eigenvalue weighted by molar-refractivity contribution is 6.04. The normalized spacial score (nSPS) is 11.5. The van der Waals surface area contributed by atoms with E-state index in [2.05, 4.69) is 6.92 Å². The molecule has 2 aromatic rings. The monoisotopic (exact) mass is 414 g/mol. The van der Waals surface area contributed by atoms with Gasteiger partial charge in [-0.15, -0.1) is 0 Å². The second-order valence-electron chi connectivity index (χ2n) is 7.56. The maximum Gasteiger partial charge on any atom is 0.311 e. The summed E-state index contributed by atoms with van der Waals surface area (Å²) in [4.78, 5) is 12.4. The van der Waals surface area contributed by atoms with Crippen molar-refractivity contribution in [2.75, 3.05) is 0 Å². The molecule has 0 spiro atoms. The molecule has 0 aromatic heterocycles. The first-order valence-corrected chi connectivity index (χ1v) is 10.2. The zero-order valence-corrected chi connectivity index (χ0v) is 17.7. The van der Waals surface area contributed by atoms with E-state index in [1.807, 2.05) is 13.8 Å². The number of aromatic hydroxyl groups is 4. The predicted molar refractivity (Wildman–Crippen MR) is 117 cm³/mol. The van der Waals surface area contributed by atoms with Crippen LogP contribution in [0.2, 0.25) is 0 Å². The zero-order chi connectivity index (χ0) is 22.3. The minimum atomic E-state index is -0.445. The van der Waals surface area contributed by atoms with Gasteiger partial charge in [0.25, 0.3) is 0 Å². The molecule has 0 amide bonds. The first-order valence-electron chi connectivity index (χ1n) is 10.2. The van der Waals surface area contributed by atoms with E-state index in [0.29, 0.717) is 6.42 Å². The van der Waals surface area contributed by atoms with E-state index < -0.39 is 11.7 Å². The Hall–Kier alpha value is -3.15. The van der Waals surface area contributed by atoms with Gasteiger partial charge in [-0.3, -0.25) is 4.79 Å². The maximum absolute atomic E-state index is 12.4. The number of benzene rings is 2. The quantitative estimate of drug-likeness (QED) is 0.134. The van der Waals surface area contributed by atoms with Crippen LogP contribution in [0.4, 0.5) is 0 Å². The smallest absolute Gasteiger partial charge is 0.311 e. The Morgan fingerprint density at radius 1 is 0.900 bits per heavy atom. The number of esters is 1. The number of phenolic OH excluding ortho intramolecular Hbond substituents is 4. The van der Waals surface area contributed by atoms with Gasteiger partial charge in [-0.2, -0.15) is 0 Å². The summed E-state index contributed by atoms with van der Waals surface area (Å²) in [5, 5.41) is 41.2. The van der Waals surface area contributed by atoms with Gasteiger partial charge in [0.05, 0.1) is 16.3 Å². The van der Waals surface area contributed by atoms with Crippen molar-refractivity contribution in [3.8, 4) is 23.0 Å². The maximum atomic E-state index is 12.4. The SMILES string of the molecule is CCCCCCCC(=O)O/C(=C\C=C(C)C)c1cc(O)c2c(O)ccc(O)c2c1O. The molecule has 0 atom stereocenters. The minimum Gasteiger partial charge on any atom is -0.507 e. The van der Waals surface area contributed by atoms with E-state index in [1.165, 1.54) is 24.3 Å². The van der Waals surface area contributed by atoms with Gasteiger partial charge in [0.15, 0.2) is 0 Å². The van der Waals surface area contributed by atoms with Gasteiger partial charge in [-0.05, 0) is 44.5 Å². The highest BCUT2D eigenvalue weighted by Gasteiger charge is 2.21. The lowest BCUT2D eigenvalue weighted by molar-refractivity contribution is -0.136. The van der Waals surface area contributed by atoms with Crippen molar-refractivity contribution in [2.24, 2.45) is 0 Å². The van der Waals surface area contributed by atoms with Gasteiger partial charge in [-0.1, -0.05) is 44.3 Å². The third kappa shape index (κ3) is 5.69. The number of carbonyl (C=O) groups is 1. The van der Waals surface area contributed by atoms with Gasteiger partial charge in [0.2, 0.25) is 0 Å². The summed E-state index contributed by atoms with van der Waals surface area (Å²) in [6, 6.07) is 3.63. The molecule has 162 valence electrons. The van der Waals surface area contributed by atoms with E-state index in [-0.39, 0.29) is 45.8 Å². The van der Waals surface area contributed by atoms with Gasteiger partial charge in [0, 0.05) is 6.42 Å². The molecule has 2 rings (SSSR count). The standard InChI is InChI=1S/C24H30O6/c1-4-5-6-7-8-9-21(28)30-20(13-10-15(2)3)16-14-19(27)22-17(25)11-12-18(26)23(22)24(16)29/h10-14,25-27,29H,4-9H2,1-3H3/b20-13-. The first kappa shape index (κ1) is 23.1. The topological polar surface area (TPSA) is 107 Å². The summed E-state index contributed by atoms with van der Waals surface area (Å²) in [5.41, 5.74) is 0.978. The van der Waals surface area contributed by atoms with E-state index in [9.17, 15) is 25.2 Å². The van der Waals surface area contributed by atoms with E-state index >= 15 is 0 Å². The van der Waals surface area contributed by atoms with Crippen molar-refractivity contribution in [1.82, 2.24) is 0 Å². The van der Waals surface area contributed by atoms with Crippen molar-refractivity contribution >= 4 is 22.5 Å². The van der Waals surface area contributed by atoms with Gasteiger partial charge < -0.3 is 25.2 Å². The van der Waals surface area contributed by atoms with Crippen molar-refractivity contribution in [3.63, 3.8) is 0 Å². The number of hydrogen-bond acceptors (Lipinski definition) is 6. The molecule has 4 N–H and O–H groups in total. The van der Waals surface area contributed by atoms with Crippen LogP contribution in [-0.4, -0.2) is 26.4 Å². The lowest BCUT2D eigenvalue weighted by Gasteiger charge is -2.15. The Kier molecular flexibility index (Phi) is 8.16. The summed E-state index contributed by atoms with van der Waals surface area (Å²) < 4.78 is 5.51. The number of fused-ring (bicyclic) bond motifs is 1. The van der Waals surface area contributed by atoms with Crippen molar-refractivity contribution in [1.29, 1.82) is 0 Å². The summed E-state index contributed by atoms with van der Waals surface area (Å²) in [7, 11) is 0. The number of carbonyl (C=O) groups excluding carboxylic acids is 1. The molecular weight excluding hydrogens is 384 g/mol. The van der Waals surface area contributed by atoms with Crippen molar-refractivity contribution in [2.45, 2.75) is 59.3 Å². The average molecular weight is 414 g/mol. The van der Waals surface area contributed by atoms with Crippen LogP contribution in [0, 0.1) is 0 Å². The molecule has 0 unspecified atom stereocenters. The Balaban J connectivity index is 2.41. The zero-order valence-electron chi connectivity index (χ0n) is 17.7. The minimum absolute atomic E-state index is 0.0396. The van der Waals surface area contributed by atoms with Gasteiger partial charge in [0.1, 0.15) is 28.8 Å². The molecule has 0 saturated carbocycles. The number of ether oxygens (including phenoxy) is 1. The van der Waals surface area contributed by atoms with Crippen LogP contribution < -0.4 is 0 Å². The van der Waals surface area contributed by atoms with Crippen LogP contribution in [0.3, 0.4) is 0 Å². The number of phenols is 4. The lowest BCUT2D eigenvalue weighted by atomic mass is 10.0. The first-order chi connectivity index (χ1) is 14.3. The molecule has 6 heteroatoms. The fourth-order valence-electron chi connectivity index (χ4n) is 3.15. The molecule has 0 radical (unpaired) electrons. The number of unbranched alkanes of at least 4 members (excludes halogenated alkanes) is 4. The highest BCUT2D eigenvalue weighted by Crippen LogP contribution is 2.46. The van der Waals surface area contributed by atoms with E-state index in [4.69, 9.17) is 4.74 Å². The fourth-order valence-corrected chi connectivity index (χ4v) is 3.15. The average Bonchev–Trinajstić information content (AvgIpc) is 2.69. The van der Waals surface area contributed by atoms with Gasteiger partial charge >= 0.3 is 5.97 Å². The van der Waals surface area contributed by atoms with Crippen molar-refractivity contribution in [3.05, 3.63) is 41.5 Å². The number of rotatable bonds is 9. The molecule has 30 heavy (non-hydrogen) atoms. The van der Waals surface area contributed by atoms with Crippen LogP contribution in [-0.2, 0) is 9.53 Å². The Morgan fingerprint density at radius 2 is 1.53 bits per heavy atom. The van der Waals surface area contributed by atoms with Crippen LogP contribution >= 0.6 is 0 Å². The molecule has 0 saturated heterocycles. The Bertz CT molecular complexity index is 968. The summed E-state index contributed by atoms with van der Waals surface area (Å²) in [5.74, 6) is -1.76. The summed E-state index contributed by atoms with van der Waals surface area (Å²) in [6.07, 6.45) is 8.43. The molecule has 0 aliphatic carbocycles. The third-order valence-corrected chi connectivity index (χ3v) is 4.73. The molecule has 6 nitrogen and oxygen atoms in total. The molecule has 0 fully saturated rings. The van der Waals surface area contributed by atoms with Crippen molar-refractivity contribution < 1.29 is 30.0 Å². The van der Waals surface area contributed by atoms with Crippen LogP contribution in [0.25, 0.3) is 16.5 Å². The highest BCUT2D eigenvalue weighted by atomic mass is 16.5. The summed E-state index contributed by atoms with van der Waals surface area (Å²) >= 11 is 0. The van der Waals surface area contributed by atoms with E-state index in [0.717, 1.165) is 31.3 Å². The fraction of sp³-hybridized carbons (Fsp3) is 0.375. The molecular formula is C24H30O6. The molecule has 0 heterocycles. The largest absolute Gasteiger partial charge is 0.507 e. The van der Waals surface area contributed by atoms with E-state index in [1.54, 1.807) is 6.08 Å². The number of allylic oxidation sites excluding steroid dienone is 3. The lowest BCUT2D eigenvalue weighted by Crippen LogP contribution is -2.04. The predicted octanol–water partition coefficient (Wildman–Crippen LogP) is 5.87. The molecule has 0 aliphatic rings. The Labute approximate surface area is 176 Å². The molecule has 0 bridgehead atoms. The Morgan fingerprint density at radius 3 is 2.17 bits per heavy atom. The second-order valence-corrected chi connectivity index (χ2v) is 7.56. The molecule has 2 aromatic carbocycles. The third-order valence-electron chi connectivity index (χ3n) is 4.73.